The van der Waals surface area contributed by atoms with Crippen molar-refractivity contribution < 1.29 is 9.47 Å². The smallest absolute Gasteiger partial charge is 0.169 e. The van der Waals surface area contributed by atoms with Gasteiger partial charge in [0.1, 0.15) is 0 Å². The topological polar surface area (TPSA) is 30.5 Å². The summed E-state index contributed by atoms with van der Waals surface area (Å²) in [5.74, 6) is 2.89. The largest absolute Gasteiger partial charge is 0.355 e. The molecule has 2 saturated carbocycles. The lowest BCUT2D eigenvalue weighted by Gasteiger charge is -2.29. The molecule has 2 aliphatic rings. The molecule has 4 atom stereocenters. The van der Waals surface area contributed by atoms with Gasteiger partial charge in [0.05, 0.1) is 0 Å². The van der Waals surface area contributed by atoms with Crippen LogP contribution in [-0.4, -0.2) is 33.1 Å². The highest BCUT2D eigenvalue weighted by molar-refractivity contribution is 4.93. The number of ether oxygens (including phenoxy) is 2. The quantitative estimate of drug-likeness (QED) is 0.704. The lowest BCUT2D eigenvalue weighted by molar-refractivity contribution is -0.100. The highest BCUT2D eigenvalue weighted by Gasteiger charge is 2.41. The number of fused-ring (bicyclic) bond motifs is 2. The van der Waals surface area contributed by atoms with Crippen LogP contribution in [0.25, 0.3) is 0 Å². The third-order valence-electron chi connectivity index (χ3n) is 4.57. The summed E-state index contributed by atoms with van der Waals surface area (Å²) >= 11 is 0. The van der Waals surface area contributed by atoms with Crippen LogP contribution in [0.1, 0.15) is 32.6 Å². The van der Waals surface area contributed by atoms with E-state index in [1.807, 2.05) is 0 Å². The summed E-state index contributed by atoms with van der Waals surface area (Å²) in [5.41, 5.74) is 0. The molecule has 0 saturated heterocycles. The van der Waals surface area contributed by atoms with Crippen molar-refractivity contribution in [3.8, 4) is 0 Å². The molecule has 1 N–H and O–H groups in total. The Hall–Kier alpha value is -0.120. The minimum Gasteiger partial charge on any atom is -0.355 e. The lowest BCUT2D eigenvalue weighted by atomic mass is 9.84. The molecule has 3 heteroatoms. The Bertz CT molecular complexity index is 218. The second-order valence-corrected chi connectivity index (χ2v) is 5.44. The molecule has 0 aromatic heterocycles. The van der Waals surface area contributed by atoms with E-state index in [0.29, 0.717) is 6.04 Å². The number of hydrogen-bond acceptors (Lipinski definition) is 3. The third kappa shape index (κ3) is 2.58. The fourth-order valence-corrected chi connectivity index (χ4v) is 3.60. The summed E-state index contributed by atoms with van der Waals surface area (Å²) < 4.78 is 10.4. The maximum Gasteiger partial charge on any atom is 0.169 e. The molecule has 4 unspecified atom stereocenters. The van der Waals surface area contributed by atoms with E-state index in [1.165, 1.54) is 25.7 Å². The van der Waals surface area contributed by atoms with Gasteiger partial charge in [0.2, 0.25) is 0 Å². The zero-order valence-electron chi connectivity index (χ0n) is 10.7. The monoisotopic (exact) mass is 227 g/mol. The highest BCUT2D eigenvalue weighted by atomic mass is 16.7. The van der Waals surface area contributed by atoms with Crippen molar-refractivity contribution in [1.82, 2.24) is 5.32 Å². The number of methoxy groups -OCH3 is 2. The van der Waals surface area contributed by atoms with Gasteiger partial charge in [-0.1, -0.05) is 6.42 Å². The molecule has 0 heterocycles. The van der Waals surface area contributed by atoms with Gasteiger partial charge < -0.3 is 14.8 Å². The Kier molecular flexibility index (Phi) is 4.22. The maximum absolute atomic E-state index is 5.19. The molecule has 0 aliphatic heterocycles. The molecule has 0 radical (unpaired) electrons. The molecular formula is C13H25NO2. The van der Waals surface area contributed by atoms with Crippen molar-refractivity contribution in [2.24, 2.45) is 17.8 Å². The zero-order valence-corrected chi connectivity index (χ0v) is 10.7. The lowest BCUT2D eigenvalue weighted by Crippen LogP contribution is -2.41. The molecule has 0 aromatic carbocycles. The molecule has 0 spiro atoms. The van der Waals surface area contributed by atoms with Crippen LogP contribution in [0.2, 0.25) is 0 Å². The van der Waals surface area contributed by atoms with E-state index >= 15 is 0 Å². The minimum atomic E-state index is -0.110. The molecule has 94 valence electrons. The van der Waals surface area contributed by atoms with Crippen LogP contribution in [0.15, 0.2) is 0 Å². The Morgan fingerprint density at radius 1 is 1.19 bits per heavy atom. The molecule has 2 fully saturated rings. The van der Waals surface area contributed by atoms with E-state index < -0.39 is 0 Å². The first-order chi connectivity index (χ1) is 7.74. The van der Waals surface area contributed by atoms with Crippen LogP contribution in [0, 0.1) is 17.8 Å². The van der Waals surface area contributed by atoms with Crippen molar-refractivity contribution >= 4 is 0 Å². The Labute approximate surface area is 98.9 Å². The molecule has 2 aliphatic carbocycles. The summed E-state index contributed by atoms with van der Waals surface area (Å²) in [4.78, 5) is 0. The van der Waals surface area contributed by atoms with Gasteiger partial charge >= 0.3 is 0 Å². The summed E-state index contributed by atoms with van der Waals surface area (Å²) in [7, 11) is 3.39. The van der Waals surface area contributed by atoms with Gasteiger partial charge in [0, 0.05) is 26.8 Å². The molecule has 2 bridgehead atoms. The van der Waals surface area contributed by atoms with Crippen molar-refractivity contribution in [2.45, 2.75) is 44.9 Å². The SMILES string of the molecule is COC(CNC(C)C1CC2CCC1C2)OC. The van der Waals surface area contributed by atoms with E-state index in [-0.39, 0.29) is 6.29 Å². The van der Waals surface area contributed by atoms with Crippen LogP contribution in [0.3, 0.4) is 0 Å². The maximum atomic E-state index is 5.19. The van der Waals surface area contributed by atoms with Crippen LogP contribution in [-0.2, 0) is 9.47 Å². The van der Waals surface area contributed by atoms with Gasteiger partial charge in [-0.3, -0.25) is 0 Å². The summed E-state index contributed by atoms with van der Waals surface area (Å²) in [6.45, 7) is 3.11. The van der Waals surface area contributed by atoms with Crippen molar-refractivity contribution in [3.05, 3.63) is 0 Å². The van der Waals surface area contributed by atoms with Gasteiger partial charge in [-0.2, -0.15) is 0 Å². The Morgan fingerprint density at radius 2 is 1.94 bits per heavy atom. The van der Waals surface area contributed by atoms with E-state index in [0.717, 1.165) is 24.3 Å². The molecule has 16 heavy (non-hydrogen) atoms. The minimum absolute atomic E-state index is 0.110. The highest BCUT2D eigenvalue weighted by Crippen LogP contribution is 2.49. The first kappa shape index (κ1) is 12.3. The summed E-state index contributed by atoms with van der Waals surface area (Å²) in [5, 5.41) is 3.56. The fraction of sp³-hybridized carbons (Fsp3) is 1.00. The fourth-order valence-electron chi connectivity index (χ4n) is 3.60. The van der Waals surface area contributed by atoms with Gasteiger partial charge in [-0.15, -0.1) is 0 Å². The Morgan fingerprint density at radius 3 is 2.44 bits per heavy atom. The number of rotatable bonds is 6. The van der Waals surface area contributed by atoms with Crippen LogP contribution < -0.4 is 5.32 Å². The van der Waals surface area contributed by atoms with Gasteiger partial charge in [-0.05, 0) is 43.9 Å². The van der Waals surface area contributed by atoms with Crippen LogP contribution in [0.5, 0.6) is 0 Å². The first-order valence-electron chi connectivity index (χ1n) is 6.53. The molecule has 2 rings (SSSR count). The third-order valence-corrected chi connectivity index (χ3v) is 4.57. The van der Waals surface area contributed by atoms with E-state index in [2.05, 4.69) is 12.2 Å². The molecule has 3 nitrogen and oxygen atoms in total. The van der Waals surface area contributed by atoms with Gasteiger partial charge in [0.15, 0.2) is 6.29 Å². The average molecular weight is 227 g/mol. The normalized spacial score (nSPS) is 34.9. The van der Waals surface area contributed by atoms with Gasteiger partial charge in [-0.25, -0.2) is 0 Å². The molecule has 0 amide bonds. The average Bonchev–Trinajstić information content (AvgIpc) is 2.91. The van der Waals surface area contributed by atoms with E-state index in [4.69, 9.17) is 9.47 Å². The Balaban J connectivity index is 1.73. The van der Waals surface area contributed by atoms with Crippen LogP contribution in [0.4, 0.5) is 0 Å². The molecule has 0 aromatic rings. The van der Waals surface area contributed by atoms with Crippen molar-refractivity contribution in [3.63, 3.8) is 0 Å². The standard InChI is InChI=1S/C13H25NO2/c1-9(14-8-13(15-2)16-3)12-7-10-4-5-11(12)6-10/h9-14H,4-8H2,1-3H3. The van der Waals surface area contributed by atoms with E-state index in [9.17, 15) is 0 Å². The number of hydrogen-bond donors (Lipinski definition) is 1. The van der Waals surface area contributed by atoms with Crippen LogP contribution >= 0.6 is 0 Å². The summed E-state index contributed by atoms with van der Waals surface area (Å²) in [6.07, 6.45) is 5.74. The van der Waals surface area contributed by atoms with Gasteiger partial charge in [0.25, 0.3) is 0 Å². The number of nitrogens with one attached hydrogen (secondary N) is 1. The van der Waals surface area contributed by atoms with E-state index in [1.54, 1.807) is 14.2 Å². The second-order valence-electron chi connectivity index (χ2n) is 5.44. The zero-order chi connectivity index (χ0) is 11.5. The second kappa shape index (κ2) is 5.48. The predicted molar refractivity (Wildman–Crippen MR) is 64.2 cm³/mol. The van der Waals surface area contributed by atoms with Crippen molar-refractivity contribution in [2.75, 3.05) is 20.8 Å². The summed E-state index contributed by atoms with van der Waals surface area (Å²) in [6, 6.07) is 0.600. The van der Waals surface area contributed by atoms with Crippen molar-refractivity contribution in [1.29, 1.82) is 0 Å². The molecular weight excluding hydrogens is 202 g/mol. The predicted octanol–water partition coefficient (Wildman–Crippen LogP) is 2.02. The first-order valence-corrected chi connectivity index (χ1v) is 6.53.